The fourth-order valence-corrected chi connectivity index (χ4v) is 4.38. The van der Waals surface area contributed by atoms with E-state index in [1.54, 1.807) is 11.3 Å². The summed E-state index contributed by atoms with van der Waals surface area (Å²) in [6, 6.07) is 13.0. The molecule has 3 nitrogen and oxygen atoms in total. The van der Waals surface area contributed by atoms with E-state index in [1.165, 1.54) is 16.0 Å². The highest BCUT2D eigenvalue weighted by Crippen LogP contribution is 2.29. The molecule has 120 valence electrons. The van der Waals surface area contributed by atoms with Gasteiger partial charge in [0.25, 0.3) is 0 Å². The van der Waals surface area contributed by atoms with Crippen molar-refractivity contribution in [2.75, 3.05) is 13.2 Å². The van der Waals surface area contributed by atoms with Gasteiger partial charge in [-0.1, -0.05) is 30.3 Å². The Morgan fingerprint density at radius 1 is 1.17 bits per heavy atom. The second-order valence-corrected chi connectivity index (χ2v) is 7.47. The molecule has 4 rings (SSSR count). The molecule has 0 bridgehead atoms. The second kappa shape index (κ2) is 6.46. The molecule has 2 aromatic rings. The number of hydrogen-bond acceptors (Lipinski definition) is 3. The zero-order chi connectivity index (χ0) is 15.6. The van der Waals surface area contributed by atoms with Crippen molar-refractivity contribution in [1.82, 2.24) is 4.90 Å². The minimum atomic E-state index is 0.0404. The number of fused-ring (bicyclic) bond motifs is 1. The first-order chi connectivity index (χ1) is 11.3. The molecule has 0 radical (unpaired) electrons. The van der Waals surface area contributed by atoms with Crippen LogP contribution in [0.5, 0.6) is 0 Å². The number of hydrogen-bond donors (Lipinski definition) is 0. The third-order valence-electron chi connectivity index (χ3n) is 4.94. The Bertz CT molecular complexity index is 651. The topological polar surface area (TPSA) is 29.5 Å². The van der Waals surface area contributed by atoms with Crippen LogP contribution in [0.1, 0.15) is 22.4 Å². The van der Waals surface area contributed by atoms with E-state index in [-0.39, 0.29) is 17.9 Å². The first-order valence-corrected chi connectivity index (χ1v) is 9.16. The van der Waals surface area contributed by atoms with Crippen molar-refractivity contribution in [1.29, 1.82) is 0 Å². The number of carbonyl (C=O) groups is 1. The predicted molar refractivity (Wildman–Crippen MR) is 91.4 cm³/mol. The number of ether oxygens (including phenoxy) is 1. The maximum Gasteiger partial charge on any atom is 0.228 e. The van der Waals surface area contributed by atoms with Gasteiger partial charge in [0.2, 0.25) is 5.91 Å². The van der Waals surface area contributed by atoms with Gasteiger partial charge < -0.3 is 9.64 Å². The van der Waals surface area contributed by atoms with Gasteiger partial charge in [0.15, 0.2) is 0 Å². The molecule has 0 spiro atoms. The highest BCUT2D eigenvalue weighted by Gasteiger charge is 2.35. The Labute approximate surface area is 140 Å². The Hall–Kier alpha value is -1.65. The average Bonchev–Trinajstić information content (AvgIpc) is 3.32. The fraction of sp³-hybridized carbons (Fsp3) is 0.421. The summed E-state index contributed by atoms with van der Waals surface area (Å²) in [5.74, 6) is 0.312. The highest BCUT2D eigenvalue weighted by molar-refractivity contribution is 7.09. The third-order valence-corrected chi connectivity index (χ3v) is 5.80. The number of nitrogens with zero attached hydrogens (tertiary/aromatic N) is 1. The smallest absolute Gasteiger partial charge is 0.228 e. The molecule has 1 fully saturated rings. The van der Waals surface area contributed by atoms with Gasteiger partial charge in [0.05, 0.1) is 19.1 Å². The normalized spacial score (nSPS) is 20.6. The molecule has 0 N–H and O–H groups in total. The molecule has 1 atom stereocenters. The van der Waals surface area contributed by atoms with Gasteiger partial charge in [-0.25, -0.2) is 0 Å². The lowest BCUT2D eigenvalue weighted by Crippen LogP contribution is -2.43. The molecule has 2 heterocycles. The molecular weight excluding hydrogens is 306 g/mol. The van der Waals surface area contributed by atoms with Crippen LogP contribution in [0.4, 0.5) is 0 Å². The summed E-state index contributed by atoms with van der Waals surface area (Å²) in [6.07, 6.45) is 2.81. The third kappa shape index (κ3) is 3.06. The zero-order valence-electron chi connectivity index (χ0n) is 13.1. The number of benzene rings is 1. The van der Waals surface area contributed by atoms with Crippen molar-refractivity contribution in [2.24, 2.45) is 5.92 Å². The standard InChI is InChI=1S/C19H21NO2S/c21-19(16-7-8-22-13-16)20(12-18-6-3-9-23-18)17-10-14-4-1-2-5-15(14)11-17/h1-6,9,16-17H,7-8,10-13H2. The Balaban J connectivity index is 1.56. The molecule has 4 heteroatoms. The summed E-state index contributed by atoms with van der Waals surface area (Å²) in [7, 11) is 0. The van der Waals surface area contributed by atoms with Crippen LogP contribution >= 0.6 is 11.3 Å². The Morgan fingerprint density at radius 3 is 2.57 bits per heavy atom. The molecule has 1 saturated heterocycles. The first-order valence-electron chi connectivity index (χ1n) is 8.28. The molecule has 23 heavy (non-hydrogen) atoms. The van der Waals surface area contributed by atoms with Gasteiger partial charge in [-0.3, -0.25) is 4.79 Å². The van der Waals surface area contributed by atoms with Crippen LogP contribution in [0, 0.1) is 5.92 Å². The number of amides is 1. The lowest BCUT2D eigenvalue weighted by molar-refractivity contribution is -0.138. The molecular formula is C19H21NO2S. The van der Waals surface area contributed by atoms with Crippen LogP contribution in [-0.2, 0) is 28.9 Å². The Morgan fingerprint density at radius 2 is 1.96 bits per heavy atom. The summed E-state index contributed by atoms with van der Waals surface area (Å²) in [5, 5.41) is 2.08. The molecule has 1 aliphatic heterocycles. The van der Waals surface area contributed by atoms with E-state index in [2.05, 4.69) is 46.7 Å². The lowest BCUT2D eigenvalue weighted by Gasteiger charge is -2.30. The average molecular weight is 327 g/mol. The lowest BCUT2D eigenvalue weighted by atomic mass is 10.0. The van der Waals surface area contributed by atoms with Gasteiger partial charge in [0, 0.05) is 17.5 Å². The Kier molecular flexibility index (Phi) is 4.19. The molecule has 1 amide bonds. The van der Waals surface area contributed by atoms with Crippen LogP contribution in [0.25, 0.3) is 0 Å². The highest BCUT2D eigenvalue weighted by atomic mass is 32.1. The van der Waals surface area contributed by atoms with Gasteiger partial charge in [-0.15, -0.1) is 11.3 Å². The molecule has 1 aromatic heterocycles. The molecule has 1 aliphatic carbocycles. The zero-order valence-corrected chi connectivity index (χ0v) is 13.9. The minimum absolute atomic E-state index is 0.0404. The van der Waals surface area contributed by atoms with Crippen LogP contribution < -0.4 is 0 Å². The van der Waals surface area contributed by atoms with Crippen LogP contribution in [0.15, 0.2) is 41.8 Å². The van der Waals surface area contributed by atoms with E-state index in [9.17, 15) is 4.79 Å². The predicted octanol–water partition coefficient (Wildman–Crippen LogP) is 3.28. The second-order valence-electron chi connectivity index (χ2n) is 6.44. The summed E-state index contributed by atoms with van der Waals surface area (Å²) >= 11 is 1.73. The first kappa shape index (κ1) is 14.9. The fourth-order valence-electron chi connectivity index (χ4n) is 3.68. The van der Waals surface area contributed by atoms with Crippen LogP contribution in [-0.4, -0.2) is 30.1 Å². The van der Waals surface area contributed by atoms with E-state index in [0.29, 0.717) is 13.2 Å². The van der Waals surface area contributed by atoms with Gasteiger partial charge in [0.1, 0.15) is 0 Å². The number of carbonyl (C=O) groups excluding carboxylic acids is 1. The van der Waals surface area contributed by atoms with E-state index >= 15 is 0 Å². The van der Waals surface area contributed by atoms with Crippen molar-refractivity contribution in [3.8, 4) is 0 Å². The summed E-state index contributed by atoms with van der Waals surface area (Å²) < 4.78 is 5.44. The summed E-state index contributed by atoms with van der Waals surface area (Å²) in [5.41, 5.74) is 2.79. The number of rotatable bonds is 4. The number of thiophene rings is 1. The van der Waals surface area contributed by atoms with Crippen molar-refractivity contribution >= 4 is 17.2 Å². The van der Waals surface area contributed by atoms with E-state index < -0.39 is 0 Å². The largest absolute Gasteiger partial charge is 0.381 e. The molecule has 1 unspecified atom stereocenters. The van der Waals surface area contributed by atoms with Gasteiger partial charge >= 0.3 is 0 Å². The van der Waals surface area contributed by atoms with E-state index in [0.717, 1.165) is 25.8 Å². The quantitative estimate of drug-likeness (QED) is 0.862. The van der Waals surface area contributed by atoms with E-state index in [1.807, 2.05) is 0 Å². The van der Waals surface area contributed by atoms with Gasteiger partial charge in [-0.2, -0.15) is 0 Å². The summed E-state index contributed by atoms with van der Waals surface area (Å²) in [4.78, 5) is 16.4. The molecule has 1 aromatic carbocycles. The maximum absolute atomic E-state index is 13.1. The minimum Gasteiger partial charge on any atom is -0.381 e. The van der Waals surface area contributed by atoms with Crippen LogP contribution in [0.3, 0.4) is 0 Å². The summed E-state index contributed by atoms with van der Waals surface area (Å²) in [6.45, 7) is 2.03. The monoisotopic (exact) mass is 327 g/mol. The van der Waals surface area contributed by atoms with E-state index in [4.69, 9.17) is 4.74 Å². The van der Waals surface area contributed by atoms with Crippen molar-refractivity contribution in [3.63, 3.8) is 0 Å². The maximum atomic E-state index is 13.1. The SMILES string of the molecule is O=C(C1CCOC1)N(Cc1cccs1)C1Cc2ccccc2C1. The molecule has 2 aliphatic rings. The van der Waals surface area contributed by atoms with Crippen LogP contribution in [0.2, 0.25) is 0 Å². The molecule has 0 saturated carbocycles. The van der Waals surface area contributed by atoms with Gasteiger partial charge in [-0.05, 0) is 41.8 Å². The van der Waals surface area contributed by atoms with Crippen molar-refractivity contribution in [2.45, 2.75) is 31.8 Å². The van der Waals surface area contributed by atoms with Crippen molar-refractivity contribution < 1.29 is 9.53 Å². The van der Waals surface area contributed by atoms with Crippen molar-refractivity contribution in [3.05, 3.63) is 57.8 Å².